The SMILES string of the molecule is O=C(NCCN1CCCCC1)c1cc(F)ccc1[N+](=O)[O-]. The molecule has 0 bridgehead atoms. The lowest BCUT2D eigenvalue weighted by molar-refractivity contribution is -0.385. The quantitative estimate of drug-likeness (QED) is 0.665. The number of benzene rings is 1. The first-order valence-corrected chi connectivity index (χ1v) is 7.02. The Labute approximate surface area is 122 Å². The van der Waals surface area contributed by atoms with Crippen LogP contribution in [0.1, 0.15) is 29.6 Å². The summed E-state index contributed by atoms with van der Waals surface area (Å²) in [7, 11) is 0. The van der Waals surface area contributed by atoms with Crippen LogP contribution in [-0.2, 0) is 0 Å². The number of likely N-dealkylation sites (tertiary alicyclic amines) is 1. The van der Waals surface area contributed by atoms with Crippen LogP contribution < -0.4 is 5.32 Å². The molecule has 1 heterocycles. The van der Waals surface area contributed by atoms with Crippen LogP contribution in [0.15, 0.2) is 18.2 Å². The van der Waals surface area contributed by atoms with E-state index in [2.05, 4.69) is 10.2 Å². The van der Waals surface area contributed by atoms with Crippen molar-refractivity contribution in [2.75, 3.05) is 26.2 Å². The first-order valence-electron chi connectivity index (χ1n) is 7.02. The maximum absolute atomic E-state index is 13.2. The highest BCUT2D eigenvalue weighted by atomic mass is 19.1. The maximum atomic E-state index is 13.2. The third kappa shape index (κ3) is 4.22. The Morgan fingerprint density at radius 3 is 2.71 bits per heavy atom. The Balaban J connectivity index is 1.93. The van der Waals surface area contributed by atoms with Gasteiger partial charge in [-0.15, -0.1) is 0 Å². The normalized spacial score (nSPS) is 15.7. The van der Waals surface area contributed by atoms with Gasteiger partial charge in [0.05, 0.1) is 4.92 Å². The zero-order valence-corrected chi connectivity index (χ0v) is 11.7. The van der Waals surface area contributed by atoms with Crippen LogP contribution in [-0.4, -0.2) is 41.9 Å². The Kier molecular flexibility index (Phi) is 5.21. The van der Waals surface area contributed by atoms with Gasteiger partial charge >= 0.3 is 0 Å². The number of hydrogen-bond acceptors (Lipinski definition) is 4. The average Bonchev–Trinajstić information content (AvgIpc) is 2.47. The maximum Gasteiger partial charge on any atom is 0.282 e. The Hall–Kier alpha value is -2.02. The van der Waals surface area contributed by atoms with Crippen LogP contribution in [0.25, 0.3) is 0 Å². The minimum Gasteiger partial charge on any atom is -0.351 e. The molecule has 1 N–H and O–H groups in total. The van der Waals surface area contributed by atoms with Crippen molar-refractivity contribution in [2.24, 2.45) is 0 Å². The van der Waals surface area contributed by atoms with Gasteiger partial charge < -0.3 is 10.2 Å². The van der Waals surface area contributed by atoms with E-state index >= 15 is 0 Å². The van der Waals surface area contributed by atoms with Crippen LogP contribution in [0.4, 0.5) is 10.1 Å². The predicted octanol–water partition coefficient (Wildman–Crippen LogP) is 1.95. The Morgan fingerprint density at radius 1 is 1.33 bits per heavy atom. The molecular weight excluding hydrogens is 277 g/mol. The standard InChI is InChI=1S/C14H18FN3O3/c15-11-4-5-13(18(20)21)12(10-11)14(19)16-6-9-17-7-2-1-3-8-17/h4-5,10H,1-3,6-9H2,(H,16,19). The highest BCUT2D eigenvalue weighted by Gasteiger charge is 2.20. The lowest BCUT2D eigenvalue weighted by Crippen LogP contribution is -2.37. The van der Waals surface area contributed by atoms with E-state index in [4.69, 9.17) is 0 Å². The number of amides is 1. The first kappa shape index (κ1) is 15.4. The molecule has 1 amide bonds. The van der Waals surface area contributed by atoms with Gasteiger partial charge in [-0.3, -0.25) is 14.9 Å². The molecule has 1 aromatic rings. The number of hydrogen-bond donors (Lipinski definition) is 1. The average molecular weight is 295 g/mol. The van der Waals surface area contributed by atoms with Gasteiger partial charge in [-0.05, 0) is 38.1 Å². The molecule has 7 heteroatoms. The third-order valence-electron chi connectivity index (χ3n) is 3.56. The molecule has 0 radical (unpaired) electrons. The molecule has 0 aliphatic carbocycles. The van der Waals surface area contributed by atoms with Crippen molar-refractivity contribution in [2.45, 2.75) is 19.3 Å². The summed E-state index contributed by atoms with van der Waals surface area (Å²) in [5.74, 6) is -1.28. The number of nitrogens with zero attached hydrogens (tertiary/aromatic N) is 2. The van der Waals surface area contributed by atoms with Gasteiger partial charge in [-0.1, -0.05) is 6.42 Å². The van der Waals surface area contributed by atoms with E-state index in [-0.39, 0.29) is 11.3 Å². The monoisotopic (exact) mass is 295 g/mol. The number of rotatable bonds is 5. The molecule has 1 aliphatic rings. The van der Waals surface area contributed by atoms with E-state index in [1.807, 2.05) is 0 Å². The summed E-state index contributed by atoms with van der Waals surface area (Å²) in [6.07, 6.45) is 3.55. The molecule has 0 aromatic heterocycles. The lowest BCUT2D eigenvalue weighted by Gasteiger charge is -2.26. The third-order valence-corrected chi connectivity index (χ3v) is 3.56. The zero-order chi connectivity index (χ0) is 15.2. The van der Waals surface area contributed by atoms with Gasteiger partial charge in [0.15, 0.2) is 0 Å². The van der Waals surface area contributed by atoms with Crippen LogP contribution in [0.5, 0.6) is 0 Å². The fourth-order valence-electron chi connectivity index (χ4n) is 2.46. The fourth-order valence-corrected chi connectivity index (χ4v) is 2.46. The number of carbonyl (C=O) groups is 1. The molecule has 2 rings (SSSR count). The van der Waals surface area contributed by atoms with E-state index < -0.39 is 16.6 Å². The zero-order valence-electron chi connectivity index (χ0n) is 11.7. The molecule has 0 saturated carbocycles. The van der Waals surface area contributed by atoms with E-state index in [0.29, 0.717) is 13.1 Å². The summed E-state index contributed by atoms with van der Waals surface area (Å²) in [6.45, 7) is 3.12. The summed E-state index contributed by atoms with van der Waals surface area (Å²) in [4.78, 5) is 24.4. The Morgan fingerprint density at radius 2 is 2.05 bits per heavy atom. The van der Waals surface area contributed by atoms with Crippen LogP contribution in [0.3, 0.4) is 0 Å². The first-order chi connectivity index (χ1) is 10.1. The highest BCUT2D eigenvalue weighted by Crippen LogP contribution is 2.19. The molecule has 1 fully saturated rings. The number of piperidine rings is 1. The molecule has 0 atom stereocenters. The van der Waals surface area contributed by atoms with Crippen molar-refractivity contribution in [3.8, 4) is 0 Å². The van der Waals surface area contributed by atoms with Gasteiger partial charge in [-0.2, -0.15) is 0 Å². The number of nitrogens with one attached hydrogen (secondary N) is 1. The molecular formula is C14H18FN3O3. The predicted molar refractivity (Wildman–Crippen MR) is 75.7 cm³/mol. The number of nitro groups is 1. The second-order valence-electron chi connectivity index (χ2n) is 5.08. The number of carbonyl (C=O) groups excluding carboxylic acids is 1. The smallest absolute Gasteiger partial charge is 0.282 e. The van der Waals surface area contributed by atoms with Crippen LogP contribution >= 0.6 is 0 Å². The minimum atomic E-state index is -0.682. The molecule has 6 nitrogen and oxygen atoms in total. The lowest BCUT2D eigenvalue weighted by atomic mass is 10.1. The molecule has 114 valence electrons. The van der Waals surface area contributed by atoms with Gasteiger partial charge in [0.2, 0.25) is 0 Å². The van der Waals surface area contributed by atoms with Crippen molar-refractivity contribution in [3.63, 3.8) is 0 Å². The molecule has 1 aromatic carbocycles. The highest BCUT2D eigenvalue weighted by molar-refractivity contribution is 5.98. The van der Waals surface area contributed by atoms with Crippen molar-refractivity contribution in [1.82, 2.24) is 10.2 Å². The van der Waals surface area contributed by atoms with Gasteiger partial charge in [0.25, 0.3) is 11.6 Å². The van der Waals surface area contributed by atoms with Crippen molar-refractivity contribution >= 4 is 11.6 Å². The largest absolute Gasteiger partial charge is 0.351 e. The van der Waals surface area contributed by atoms with E-state index in [1.165, 1.54) is 6.42 Å². The molecule has 0 unspecified atom stereocenters. The molecule has 1 saturated heterocycles. The second-order valence-corrected chi connectivity index (χ2v) is 5.08. The summed E-state index contributed by atoms with van der Waals surface area (Å²) in [5.41, 5.74) is -0.620. The summed E-state index contributed by atoms with van der Waals surface area (Å²) in [5, 5.41) is 13.5. The summed E-state index contributed by atoms with van der Waals surface area (Å²) >= 11 is 0. The van der Waals surface area contributed by atoms with Crippen molar-refractivity contribution in [1.29, 1.82) is 0 Å². The van der Waals surface area contributed by atoms with Gasteiger partial charge in [0.1, 0.15) is 11.4 Å². The second kappa shape index (κ2) is 7.12. The number of halogens is 1. The van der Waals surface area contributed by atoms with E-state index in [9.17, 15) is 19.3 Å². The molecule has 1 aliphatic heterocycles. The van der Waals surface area contributed by atoms with Crippen molar-refractivity contribution < 1.29 is 14.1 Å². The van der Waals surface area contributed by atoms with Crippen molar-refractivity contribution in [3.05, 3.63) is 39.7 Å². The van der Waals surface area contributed by atoms with Gasteiger partial charge in [0, 0.05) is 19.2 Å². The van der Waals surface area contributed by atoms with Crippen LogP contribution in [0.2, 0.25) is 0 Å². The summed E-state index contributed by atoms with van der Waals surface area (Å²) < 4.78 is 13.2. The van der Waals surface area contributed by atoms with E-state index in [0.717, 1.165) is 44.1 Å². The van der Waals surface area contributed by atoms with E-state index in [1.54, 1.807) is 0 Å². The van der Waals surface area contributed by atoms with Crippen LogP contribution in [0, 0.1) is 15.9 Å². The minimum absolute atomic E-state index is 0.237. The fraction of sp³-hybridized carbons (Fsp3) is 0.500. The summed E-state index contributed by atoms with van der Waals surface area (Å²) in [6, 6.07) is 2.88. The topological polar surface area (TPSA) is 75.5 Å². The number of nitro benzene ring substituents is 1. The van der Waals surface area contributed by atoms with Gasteiger partial charge in [-0.25, -0.2) is 4.39 Å². The molecule has 0 spiro atoms. The Bertz CT molecular complexity index is 530. The molecule has 21 heavy (non-hydrogen) atoms.